The van der Waals surface area contributed by atoms with E-state index in [1.807, 2.05) is 12.1 Å². The van der Waals surface area contributed by atoms with Crippen molar-refractivity contribution in [2.45, 2.75) is 118 Å². The van der Waals surface area contributed by atoms with Gasteiger partial charge in [-0.1, -0.05) is 64.6 Å². The summed E-state index contributed by atoms with van der Waals surface area (Å²) in [6.07, 6.45) is 12.1. The van der Waals surface area contributed by atoms with Gasteiger partial charge in [-0.3, -0.25) is 0 Å². The minimum Gasteiger partial charge on any atom is -0.465 e. The van der Waals surface area contributed by atoms with Crippen molar-refractivity contribution in [3.63, 3.8) is 0 Å². The number of carbonyl (C=O) groups is 1. The average Bonchev–Trinajstić information content (AvgIpc) is 3.16. The highest BCUT2D eigenvalue weighted by Crippen LogP contribution is 2.77. The maximum atomic E-state index is 12.2. The number of rotatable bonds is 11. The maximum Gasteiger partial charge on any atom is 0.337 e. The SMILES string of the molecule is C#[N+]C(C(C)OC)C1(C=N)C2CCC3C4(C)CC=C(c5ccc(C(=O)OC)cc5)C(C)(C)C4CCC3(C)C2(C)CCC1(CC)NCCN1CCS(=O)(=O)CC1. The molecule has 0 aromatic heterocycles. The summed E-state index contributed by atoms with van der Waals surface area (Å²) in [4.78, 5) is 19.1. The van der Waals surface area contributed by atoms with E-state index in [9.17, 15) is 18.6 Å². The van der Waals surface area contributed by atoms with Gasteiger partial charge in [-0.05, 0) is 121 Å². The summed E-state index contributed by atoms with van der Waals surface area (Å²) in [5.74, 6) is 1.28. The van der Waals surface area contributed by atoms with Crippen molar-refractivity contribution in [2.75, 3.05) is 51.9 Å². The number of methoxy groups -OCH3 is 2. The van der Waals surface area contributed by atoms with Crippen molar-refractivity contribution in [3.8, 4) is 6.57 Å². The smallest absolute Gasteiger partial charge is 0.337 e. The van der Waals surface area contributed by atoms with Gasteiger partial charge in [-0.15, -0.1) is 0 Å². The van der Waals surface area contributed by atoms with Crippen molar-refractivity contribution < 1.29 is 22.7 Å². The van der Waals surface area contributed by atoms with Gasteiger partial charge in [0.1, 0.15) is 11.5 Å². The van der Waals surface area contributed by atoms with Crippen LogP contribution in [0.3, 0.4) is 0 Å². The van der Waals surface area contributed by atoms with E-state index < -0.39 is 26.8 Å². The number of hydrogen-bond donors (Lipinski definition) is 2. The highest BCUT2D eigenvalue weighted by molar-refractivity contribution is 7.91. The Bertz CT molecular complexity index is 1790. The first kappa shape index (κ1) is 42.0. The lowest BCUT2D eigenvalue weighted by Gasteiger charge is -2.74. The molecule has 1 aromatic carbocycles. The largest absolute Gasteiger partial charge is 0.465 e. The molecule has 9 nitrogen and oxygen atoms in total. The molecule has 4 fully saturated rings. The predicted molar refractivity (Wildman–Crippen MR) is 223 cm³/mol. The third-order valence-electron chi connectivity index (χ3n) is 17.2. The van der Waals surface area contributed by atoms with Crippen LogP contribution in [0, 0.1) is 56.8 Å². The van der Waals surface area contributed by atoms with Crippen LogP contribution in [0.5, 0.6) is 0 Å². The molecule has 6 rings (SSSR count). The van der Waals surface area contributed by atoms with Gasteiger partial charge in [-0.2, -0.15) is 0 Å². The number of nitrogens with one attached hydrogen (secondary N) is 2. The Morgan fingerprint density at radius 3 is 2.22 bits per heavy atom. The number of hydrogen-bond acceptors (Lipinski definition) is 8. The number of allylic oxidation sites excluding steroid dienone is 2. The molecule has 0 amide bonds. The van der Waals surface area contributed by atoms with Gasteiger partial charge in [0.25, 0.3) is 6.57 Å². The van der Waals surface area contributed by atoms with Crippen molar-refractivity contribution in [2.24, 2.45) is 44.8 Å². The summed E-state index contributed by atoms with van der Waals surface area (Å²) in [5.41, 5.74) is 2.02. The van der Waals surface area contributed by atoms with Crippen LogP contribution in [0.4, 0.5) is 0 Å². The lowest BCUT2D eigenvalue weighted by Crippen LogP contribution is -2.76. The van der Waals surface area contributed by atoms with Gasteiger partial charge in [0.05, 0.1) is 24.2 Å². The van der Waals surface area contributed by atoms with Gasteiger partial charge < -0.3 is 25.1 Å². The molecule has 0 bridgehead atoms. The third kappa shape index (κ3) is 6.37. The second-order valence-electron chi connectivity index (χ2n) is 19.2. The molecule has 2 N–H and O–H groups in total. The standard InChI is InChI=1S/C45H69N4O5S/c1-11-44(48-24-25-49-26-28-55(51,52)29-27-49)23-22-43(7)37(45(44,30-46)38(47-8)31(2)53-9)17-16-36-41(5)20-18-34(32-12-14-33(15-13-32)39(50)54-10)40(3,4)35(41)19-21-42(36,43)6/h8,12-15,18,30-31,35-38,46,48H,11,16-17,19-29H2,1-7,9-10H3/q+1. The molecule has 304 valence electrons. The number of nitrogens with zero attached hydrogens (tertiary/aromatic N) is 2. The number of fused-ring (bicyclic) bond motifs is 5. The van der Waals surface area contributed by atoms with Crippen LogP contribution in [-0.4, -0.2) is 95.1 Å². The first-order valence-corrected chi connectivity index (χ1v) is 22.7. The number of ether oxygens (including phenoxy) is 2. The Kier molecular flexibility index (Phi) is 11.4. The first-order chi connectivity index (χ1) is 25.9. The molecular formula is C45H69N4O5S+. The molecule has 1 saturated heterocycles. The summed E-state index contributed by atoms with van der Waals surface area (Å²) >= 11 is 0. The zero-order valence-corrected chi connectivity index (χ0v) is 36.0. The van der Waals surface area contributed by atoms with E-state index in [1.165, 1.54) is 18.2 Å². The summed E-state index contributed by atoms with van der Waals surface area (Å²) in [6.45, 7) is 26.0. The lowest BCUT2D eigenvalue weighted by atomic mass is 9.30. The lowest BCUT2D eigenvalue weighted by molar-refractivity contribution is -0.233. The zero-order valence-electron chi connectivity index (χ0n) is 35.2. The van der Waals surface area contributed by atoms with Crippen LogP contribution >= 0.6 is 0 Å². The molecule has 0 spiro atoms. The molecule has 0 radical (unpaired) electrons. The van der Waals surface area contributed by atoms with Gasteiger partial charge in [0.15, 0.2) is 9.84 Å². The van der Waals surface area contributed by atoms with Crippen LogP contribution in [0.1, 0.15) is 116 Å². The third-order valence-corrected chi connectivity index (χ3v) is 18.8. The van der Waals surface area contributed by atoms with E-state index in [0.717, 1.165) is 57.9 Å². The van der Waals surface area contributed by atoms with E-state index >= 15 is 0 Å². The fourth-order valence-corrected chi connectivity index (χ4v) is 15.3. The summed E-state index contributed by atoms with van der Waals surface area (Å²) in [5, 5.41) is 13.6. The Morgan fingerprint density at radius 2 is 1.64 bits per heavy atom. The van der Waals surface area contributed by atoms with Crippen molar-refractivity contribution in [3.05, 3.63) is 46.3 Å². The quantitative estimate of drug-likeness (QED) is 0.173. The van der Waals surface area contributed by atoms with E-state index in [0.29, 0.717) is 37.0 Å². The van der Waals surface area contributed by atoms with E-state index in [2.05, 4.69) is 81.7 Å². The molecule has 55 heavy (non-hydrogen) atoms. The van der Waals surface area contributed by atoms with Crippen LogP contribution in [0.15, 0.2) is 30.3 Å². The second kappa shape index (κ2) is 15.0. The molecule has 10 heteroatoms. The summed E-state index contributed by atoms with van der Waals surface area (Å²) in [6, 6.07) is 7.55. The van der Waals surface area contributed by atoms with Gasteiger partial charge in [-0.25, -0.2) is 13.2 Å². The number of sulfone groups is 1. The zero-order chi connectivity index (χ0) is 40.2. The highest BCUT2D eigenvalue weighted by Gasteiger charge is 2.76. The molecule has 3 saturated carbocycles. The topological polar surface area (TPSA) is 113 Å². The number of carbonyl (C=O) groups excluding carboxylic acids is 1. The number of benzene rings is 1. The van der Waals surface area contributed by atoms with Crippen LogP contribution < -0.4 is 5.32 Å². The molecule has 5 aliphatic rings. The molecule has 10 unspecified atom stereocenters. The molecule has 10 atom stereocenters. The Hall–Kier alpha value is -2.58. The van der Waals surface area contributed by atoms with Crippen LogP contribution in [0.2, 0.25) is 0 Å². The monoisotopic (exact) mass is 777 g/mol. The first-order valence-electron chi connectivity index (χ1n) is 20.9. The molecule has 1 heterocycles. The minimum absolute atomic E-state index is 0.0354. The molecule has 4 aliphatic carbocycles. The van der Waals surface area contributed by atoms with Gasteiger partial charge >= 0.3 is 12.0 Å². The van der Waals surface area contributed by atoms with E-state index in [-0.39, 0.29) is 51.2 Å². The average molecular weight is 778 g/mol. The summed E-state index contributed by atoms with van der Waals surface area (Å²) < 4.78 is 35.3. The van der Waals surface area contributed by atoms with Crippen molar-refractivity contribution >= 4 is 27.6 Å². The molecular weight excluding hydrogens is 709 g/mol. The second-order valence-corrected chi connectivity index (χ2v) is 21.5. The van der Waals surface area contributed by atoms with E-state index in [1.54, 1.807) is 13.3 Å². The Morgan fingerprint density at radius 1 is 1.00 bits per heavy atom. The molecule has 1 aromatic rings. The van der Waals surface area contributed by atoms with Crippen LogP contribution in [0.25, 0.3) is 10.4 Å². The van der Waals surface area contributed by atoms with Gasteiger partial charge in [0.2, 0.25) is 0 Å². The van der Waals surface area contributed by atoms with Crippen molar-refractivity contribution in [1.29, 1.82) is 5.41 Å². The normalized spacial score (nSPS) is 39.2. The fraction of sp³-hybridized carbons (Fsp3) is 0.756. The maximum absolute atomic E-state index is 12.2. The van der Waals surface area contributed by atoms with E-state index in [4.69, 9.17) is 16.0 Å². The minimum atomic E-state index is -2.95. The predicted octanol–water partition coefficient (Wildman–Crippen LogP) is 8.01. The number of esters is 1. The van der Waals surface area contributed by atoms with Gasteiger partial charge in [0, 0.05) is 45.0 Å². The fourth-order valence-electron chi connectivity index (χ4n) is 14.0. The highest BCUT2D eigenvalue weighted by atomic mass is 32.2. The van der Waals surface area contributed by atoms with Crippen molar-refractivity contribution in [1.82, 2.24) is 10.2 Å². The Balaban J connectivity index is 1.36. The summed E-state index contributed by atoms with van der Waals surface area (Å²) in [7, 11) is 0.202. The molecule has 1 aliphatic heterocycles. The Labute approximate surface area is 332 Å². The van der Waals surface area contributed by atoms with Crippen LogP contribution in [-0.2, 0) is 19.3 Å².